The minimum Gasteiger partial charge on any atom is -0.493 e. The first kappa shape index (κ1) is 16.1. The zero-order valence-corrected chi connectivity index (χ0v) is 12.5. The summed E-state index contributed by atoms with van der Waals surface area (Å²) in [6.45, 7) is 4.97. The smallest absolute Gasteiger partial charge is 0.203 e. The molecule has 0 fully saturated rings. The zero-order valence-electron chi connectivity index (χ0n) is 12.5. The number of ether oxygens (including phenoxy) is 3. The van der Waals surface area contributed by atoms with Gasteiger partial charge >= 0.3 is 0 Å². The first-order valence-electron chi connectivity index (χ1n) is 6.60. The topological polar surface area (TPSA) is 63.5 Å². The fourth-order valence-electron chi connectivity index (χ4n) is 1.89. The number of para-hydroxylation sites is 1. The Morgan fingerprint density at radius 3 is 2.30 bits per heavy atom. The quantitative estimate of drug-likeness (QED) is 0.791. The van der Waals surface area contributed by atoms with Crippen molar-refractivity contribution in [1.29, 1.82) is 5.26 Å². The summed E-state index contributed by atoms with van der Waals surface area (Å²) in [7, 11) is 3.17. The maximum Gasteiger partial charge on any atom is 0.203 e. The van der Waals surface area contributed by atoms with Crippen LogP contribution in [0.15, 0.2) is 18.2 Å². The minimum absolute atomic E-state index is 0.397. The standard InChI is InChI=1S/C15H22N2O3/c1-5-17-15(2,11-16)9-10-20-14-12(18-3)7-6-8-13(14)19-4/h6-8,17H,5,9-10H2,1-4H3. The molecule has 0 bridgehead atoms. The van der Waals surface area contributed by atoms with Crippen LogP contribution in [0.5, 0.6) is 17.2 Å². The lowest BCUT2D eigenvalue weighted by Crippen LogP contribution is -2.42. The number of benzene rings is 1. The van der Waals surface area contributed by atoms with E-state index in [1.807, 2.05) is 32.0 Å². The normalized spacial score (nSPS) is 13.2. The van der Waals surface area contributed by atoms with E-state index in [2.05, 4.69) is 11.4 Å². The molecule has 0 aliphatic heterocycles. The third-order valence-electron chi connectivity index (χ3n) is 3.04. The van der Waals surface area contributed by atoms with E-state index in [0.29, 0.717) is 30.3 Å². The van der Waals surface area contributed by atoms with Gasteiger partial charge in [-0.1, -0.05) is 13.0 Å². The highest BCUT2D eigenvalue weighted by Gasteiger charge is 2.22. The Bertz CT molecular complexity index is 448. The van der Waals surface area contributed by atoms with E-state index in [9.17, 15) is 5.26 Å². The van der Waals surface area contributed by atoms with Crippen molar-refractivity contribution in [3.63, 3.8) is 0 Å². The predicted molar refractivity (Wildman–Crippen MR) is 77.4 cm³/mol. The highest BCUT2D eigenvalue weighted by atomic mass is 16.5. The Hall–Kier alpha value is -1.93. The van der Waals surface area contributed by atoms with Crippen LogP contribution in [0.3, 0.4) is 0 Å². The molecule has 20 heavy (non-hydrogen) atoms. The Balaban J connectivity index is 2.73. The van der Waals surface area contributed by atoms with Crippen molar-refractivity contribution in [2.75, 3.05) is 27.4 Å². The van der Waals surface area contributed by atoms with Crippen molar-refractivity contribution < 1.29 is 14.2 Å². The molecule has 1 N–H and O–H groups in total. The summed E-state index contributed by atoms with van der Waals surface area (Å²) in [5, 5.41) is 12.3. The van der Waals surface area contributed by atoms with Crippen molar-refractivity contribution in [3.05, 3.63) is 18.2 Å². The average Bonchev–Trinajstić information content (AvgIpc) is 2.47. The molecule has 1 aromatic rings. The molecule has 0 radical (unpaired) electrons. The largest absolute Gasteiger partial charge is 0.493 e. The highest BCUT2D eigenvalue weighted by molar-refractivity contribution is 5.51. The first-order chi connectivity index (χ1) is 9.60. The van der Waals surface area contributed by atoms with Gasteiger partial charge in [-0.15, -0.1) is 0 Å². The molecule has 0 aromatic heterocycles. The van der Waals surface area contributed by atoms with Crippen LogP contribution in [-0.4, -0.2) is 32.9 Å². The van der Waals surface area contributed by atoms with Crippen LogP contribution in [0.2, 0.25) is 0 Å². The fourth-order valence-corrected chi connectivity index (χ4v) is 1.89. The van der Waals surface area contributed by atoms with Gasteiger partial charge in [0.2, 0.25) is 5.75 Å². The Labute approximate surface area is 120 Å². The summed E-state index contributed by atoms with van der Waals surface area (Å²) < 4.78 is 16.3. The minimum atomic E-state index is -0.593. The van der Waals surface area contributed by atoms with Gasteiger partial charge in [0.25, 0.3) is 0 Å². The third-order valence-corrected chi connectivity index (χ3v) is 3.04. The molecule has 0 aliphatic carbocycles. The first-order valence-corrected chi connectivity index (χ1v) is 6.60. The maximum atomic E-state index is 9.20. The summed E-state index contributed by atoms with van der Waals surface area (Å²) in [6.07, 6.45) is 0.568. The number of rotatable bonds is 8. The van der Waals surface area contributed by atoms with Gasteiger partial charge in [-0.05, 0) is 25.6 Å². The van der Waals surface area contributed by atoms with Crippen LogP contribution >= 0.6 is 0 Å². The molecule has 5 heteroatoms. The molecule has 110 valence electrons. The van der Waals surface area contributed by atoms with Crippen molar-refractivity contribution >= 4 is 0 Å². The summed E-state index contributed by atoms with van der Waals surface area (Å²) in [5.74, 6) is 1.80. The van der Waals surface area contributed by atoms with Gasteiger partial charge in [0.1, 0.15) is 5.54 Å². The second kappa shape index (κ2) is 7.61. The van der Waals surface area contributed by atoms with Gasteiger partial charge in [0.05, 0.1) is 26.9 Å². The van der Waals surface area contributed by atoms with E-state index in [0.717, 1.165) is 6.54 Å². The van der Waals surface area contributed by atoms with Crippen LogP contribution < -0.4 is 19.5 Å². The molecule has 1 atom stereocenters. The van der Waals surface area contributed by atoms with Gasteiger partial charge < -0.3 is 14.2 Å². The van der Waals surface area contributed by atoms with Crippen molar-refractivity contribution in [2.45, 2.75) is 25.8 Å². The Morgan fingerprint density at radius 2 is 1.85 bits per heavy atom. The van der Waals surface area contributed by atoms with Crippen LogP contribution in [0.25, 0.3) is 0 Å². The van der Waals surface area contributed by atoms with Crippen LogP contribution in [0, 0.1) is 11.3 Å². The number of nitrogens with one attached hydrogen (secondary N) is 1. The van der Waals surface area contributed by atoms with E-state index in [1.54, 1.807) is 14.2 Å². The summed E-state index contributed by atoms with van der Waals surface area (Å²) in [4.78, 5) is 0. The van der Waals surface area contributed by atoms with Crippen LogP contribution in [0.4, 0.5) is 0 Å². The van der Waals surface area contributed by atoms with Crippen LogP contribution in [0.1, 0.15) is 20.3 Å². The molecule has 0 heterocycles. The van der Waals surface area contributed by atoms with Gasteiger partial charge in [0, 0.05) is 6.42 Å². The van der Waals surface area contributed by atoms with Gasteiger partial charge in [-0.3, -0.25) is 5.32 Å². The number of hydrogen-bond acceptors (Lipinski definition) is 5. The second-order valence-corrected chi connectivity index (χ2v) is 4.56. The van der Waals surface area contributed by atoms with Gasteiger partial charge in [-0.2, -0.15) is 5.26 Å². The summed E-state index contributed by atoms with van der Waals surface area (Å²) in [6, 6.07) is 7.73. The third kappa shape index (κ3) is 4.04. The average molecular weight is 278 g/mol. The van der Waals surface area contributed by atoms with Crippen molar-refractivity contribution in [1.82, 2.24) is 5.32 Å². The highest BCUT2D eigenvalue weighted by Crippen LogP contribution is 2.36. The Morgan fingerprint density at radius 1 is 1.25 bits per heavy atom. The van der Waals surface area contributed by atoms with E-state index < -0.39 is 5.54 Å². The van der Waals surface area contributed by atoms with Crippen molar-refractivity contribution in [3.8, 4) is 23.3 Å². The molecule has 5 nitrogen and oxygen atoms in total. The molecular weight excluding hydrogens is 256 g/mol. The fraction of sp³-hybridized carbons (Fsp3) is 0.533. The van der Waals surface area contributed by atoms with E-state index in [-0.39, 0.29) is 0 Å². The molecule has 0 spiro atoms. The number of nitrogens with zero attached hydrogens (tertiary/aromatic N) is 1. The lowest BCUT2D eigenvalue weighted by molar-refractivity contribution is 0.244. The molecule has 1 rings (SSSR count). The molecule has 0 aliphatic rings. The number of methoxy groups -OCH3 is 2. The van der Waals surface area contributed by atoms with E-state index in [4.69, 9.17) is 14.2 Å². The van der Waals surface area contributed by atoms with E-state index >= 15 is 0 Å². The summed E-state index contributed by atoms with van der Waals surface area (Å²) >= 11 is 0. The monoisotopic (exact) mass is 278 g/mol. The maximum absolute atomic E-state index is 9.20. The predicted octanol–water partition coefficient (Wildman–Crippen LogP) is 2.36. The SMILES string of the molecule is CCNC(C)(C#N)CCOc1c(OC)cccc1OC. The van der Waals surface area contributed by atoms with Crippen molar-refractivity contribution in [2.24, 2.45) is 0 Å². The molecule has 1 unspecified atom stereocenters. The van der Waals surface area contributed by atoms with E-state index in [1.165, 1.54) is 0 Å². The van der Waals surface area contributed by atoms with Gasteiger partial charge in [-0.25, -0.2) is 0 Å². The lowest BCUT2D eigenvalue weighted by Gasteiger charge is -2.23. The second-order valence-electron chi connectivity index (χ2n) is 4.56. The Kier molecular flexibility index (Phi) is 6.13. The molecule has 0 saturated heterocycles. The molecule has 0 amide bonds. The van der Waals surface area contributed by atoms with Crippen LogP contribution in [-0.2, 0) is 0 Å². The lowest BCUT2D eigenvalue weighted by atomic mass is 10.0. The molecule has 0 saturated carbocycles. The number of hydrogen-bond donors (Lipinski definition) is 1. The van der Waals surface area contributed by atoms with Gasteiger partial charge in [0.15, 0.2) is 11.5 Å². The summed E-state index contributed by atoms with van der Waals surface area (Å²) in [5.41, 5.74) is -0.593. The molecule has 1 aromatic carbocycles. The zero-order chi connectivity index (χ0) is 15.0. The molecular formula is C15H22N2O3. The number of nitriles is 1.